The second-order valence-electron chi connectivity index (χ2n) is 5.60. The molecular weight excluding hydrogens is 330 g/mol. The monoisotopic (exact) mass is 351 g/mol. The van der Waals surface area contributed by atoms with Gasteiger partial charge in [-0.1, -0.05) is 12.1 Å². The standard InChI is InChI=1S/C17H21NO7/c1-2-23-17(20)15(19)10-13-12(6-5-7-14(13)18(21)22)11-25-16-8-3-4-9-24-16/h5-7,16H,2-4,8-11H2,1H3. The molecule has 1 unspecified atom stereocenters. The molecule has 1 saturated heterocycles. The van der Waals surface area contributed by atoms with Crippen LogP contribution >= 0.6 is 0 Å². The first kappa shape index (κ1) is 19.0. The molecule has 25 heavy (non-hydrogen) atoms. The lowest BCUT2D eigenvalue weighted by Gasteiger charge is -2.23. The number of hydrogen-bond donors (Lipinski definition) is 0. The average Bonchev–Trinajstić information content (AvgIpc) is 2.61. The van der Waals surface area contributed by atoms with E-state index in [1.165, 1.54) is 12.1 Å². The van der Waals surface area contributed by atoms with Crippen molar-refractivity contribution in [1.29, 1.82) is 0 Å². The molecule has 0 N–H and O–H groups in total. The Hall–Kier alpha value is -2.32. The molecule has 0 spiro atoms. The zero-order valence-corrected chi connectivity index (χ0v) is 14.1. The first-order valence-electron chi connectivity index (χ1n) is 8.21. The van der Waals surface area contributed by atoms with Gasteiger partial charge in [0.15, 0.2) is 6.29 Å². The Morgan fingerprint density at radius 1 is 1.36 bits per heavy atom. The van der Waals surface area contributed by atoms with Crippen LogP contribution in [0.1, 0.15) is 37.3 Å². The van der Waals surface area contributed by atoms with Crippen molar-refractivity contribution in [1.82, 2.24) is 0 Å². The maximum absolute atomic E-state index is 12.0. The largest absolute Gasteiger partial charge is 0.460 e. The highest BCUT2D eigenvalue weighted by atomic mass is 16.7. The van der Waals surface area contributed by atoms with Gasteiger partial charge >= 0.3 is 5.97 Å². The smallest absolute Gasteiger partial charge is 0.374 e. The van der Waals surface area contributed by atoms with Crippen molar-refractivity contribution in [2.45, 2.75) is 45.5 Å². The summed E-state index contributed by atoms with van der Waals surface area (Å²) in [6.07, 6.45) is 1.97. The van der Waals surface area contributed by atoms with Crippen LogP contribution in [-0.2, 0) is 36.8 Å². The van der Waals surface area contributed by atoms with Crippen LogP contribution in [0.3, 0.4) is 0 Å². The van der Waals surface area contributed by atoms with E-state index < -0.39 is 23.1 Å². The Morgan fingerprint density at radius 3 is 2.80 bits per heavy atom. The summed E-state index contributed by atoms with van der Waals surface area (Å²) in [5, 5.41) is 11.3. The molecule has 0 saturated carbocycles. The van der Waals surface area contributed by atoms with Gasteiger partial charge in [0.1, 0.15) is 0 Å². The molecule has 0 amide bonds. The van der Waals surface area contributed by atoms with Gasteiger partial charge in [-0.25, -0.2) is 4.79 Å². The van der Waals surface area contributed by atoms with E-state index in [4.69, 9.17) is 9.47 Å². The number of ether oxygens (including phenoxy) is 3. The second-order valence-corrected chi connectivity index (χ2v) is 5.60. The number of nitro groups is 1. The molecule has 0 aromatic heterocycles. The van der Waals surface area contributed by atoms with Gasteiger partial charge in [-0.2, -0.15) is 0 Å². The molecule has 1 heterocycles. The molecule has 0 bridgehead atoms. The fourth-order valence-electron chi connectivity index (χ4n) is 2.60. The Balaban J connectivity index is 2.17. The zero-order valence-electron chi connectivity index (χ0n) is 14.1. The molecule has 0 aliphatic carbocycles. The highest BCUT2D eigenvalue weighted by Gasteiger charge is 2.25. The highest BCUT2D eigenvalue weighted by Crippen LogP contribution is 2.25. The van der Waals surface area contributed by atoms with E-state index in [2.05, 4.69) is 4.74 Å². The van der Waals surface area contributed by atoms with Crippen molar-refractivity contribution >= 4 is 17.4 Å². The lowest BCUT2D eigenvalue weighted by molar-refractivity contribution is -0.385. The summed E-state index contributed by atoms with van der Waals surface area (Å²) < 4.78 is 15.8. The van der Waals surface area contributed by atoms with E-state index in [9.17, 15) is 19.7 Å². The molecule has 1 fully saturated rings. The molecule has 136 valence electrons. The summed E-state index contributed by atoms with van der Waals surface area (Å²) in [7, 11) is 0. The number of nitro benzene ring substituents is 1. The number of rotatable bonds is 8. The van der Waals surface area contributed by atoms with Crippen LogP contribution in [0.2, 0.25) is 0 Å². The summed E-state index contributed by atoms with van der Waals surface area (Å²) in [5.41, 5.74) is 0.436. The van der Waals surface area contributed by atoms with Gasteiger partial charge in [0.25, 0.3) is 5.69 Å². The minimum Gasteiger partial charge on any atom is -0.460 e. The van der Waals surface area contributed by atoms with Gasteiger partial charge in [-0.3, -0.25) is 14.9 Å². The second kappa shape index (κ2) is 9.24. The van der Waals surface area contributed by atoms with Gasteiger partial charge in [0.05, 0.1) is 24.6 Å². The predicted molar refractivity (Wildman–Crippen MR) is 86.8 cm³/mol. The van der Waals surface area contributed by atoms with Gasteiger partial charge in [-0.05, 0) is 31.7 Å². The molecule has 8 nitrogen and oxygen atoms in total. The van der Waals surface area contributed by atoms with Crippen LogP contribution in [-0.4, -0.2) is 36.2 Å². The number of benzene rings is 1. The molecule has 2 rings (SSSR count). The van der Waals surface area contributed by atoms with Crippen molar-refractivity contribution in [2.75, 3.05) is 13.2 Å². The number of nitrogens with zero attached hydrogens (tertiary/aromatic N) is 1. The Labute approximate surface area is 145 Å². The highest BCUT2D eigenvalue weighted by molar-refractivity contribution is 6.34. The Kier molecular flexibility index (Phi) is 7.03. The minimum atomic E-state index is -0.997. The topological polar surface area (TPSA) is 105 Å². The van der Waals surface area contributed by atoms with Crippen molar-refractivity contribution in [2.24, 2.45) is 0 Å². The summed E-state index contributed by atoms with van der Waals surface area (Å²) in [6.45, 7) is 2.33. The van der Waals surface area contributed by atoms with E-state index in [1.54, 1.807) is 13.0 Å². The lowest BCUT2D eigenvalue weighted by atomic mass is 10.0. The normalized spacial score (nSPS) is 17.1. The summed E-state index contributed by atoms with van der Waals surface area (Å²) >= 11 is 0. The maximum atomic E-state index is 12.0. The third-order valence-corrected chi connectivity index (χ3v) is 3.85. The van der Waals surface area contributed by atoms with E-state index in [-0.39, 0.29) is 30.8 Å². The van der Waals surface area contributed by atoms with E-state index >= 15 is 0 Å². The third kappa shape index (κ3) is 5.33. The van der Waals surface area contributed by atoms with Gasteiger partial charge < -0.3 is 14.2 Å². The fourth-order valence-corrected chi connectivity index (χ4v) is 2.60. The quantitative estimate of drug-likeness (QED) is 0.306. The van der Waals surface area contributed by atoms with E-state index in [0.29, 0.717) is 12.2 Å². The van der Waals surface area contributed by atoms with Crippen LogP contribution in [0.15, 0.2) is 18.2 Å². The first-order chi connectivity index (χ1) is 12.0. The summed E-state index contributed by atoms with van der Waals surface area (Å²) in [5.74, 6) is -1.82. The van der Waals surface area contributed by atoms with Gasteiger partial charge in [0.2, 0.25) is 5.78 Å². The number of ketones is 1. The van der Waals surface area contributed by atoms with E-state index in [0.717, 1.165) is 19.3 Å². The molecule has 8 heteroatoms. The number of hydrogen-bond acceptors (Lipinski definition) is 7. The molecule has 1 aromatic rings. The van der Waals surface area contributed by atoms with Crippen LogP contribution in [0, 0.1) is 10.1 Å². The number of carbonyl (C=O) groups excluding carboxylic acids is 2. The van der Waals surface area contributed by atoms with Crippen LogP contribution in [0.25, 0.3) is 0 Å². The summed E-state index contributed by atoms with van der Waals surface area (Å²) in [6, 6.07) is 4.47. The summed E-state index contributed by atoms with van der Waals surface area (Å²) in [4.78, 5) is 34.2. The third-order valence-electron chi connectivity index (χ3n) is 3.85. The first-order valence-corrected chi connectivity index (χ1v) is 8.21. The van der Waals surface area contributed by atoms with Crippen LogP contribution in [0.5, 0.6) is 0 Å². The SMILES string of the molecule is CCOC(=O)C(=O)Cc1c(COC2CCCCO2)cccc1[N+](=O)[O-]. The van der Waals surface area contributed by atoms with Crippen molar-refractivity contribution in [3.05, 3.63) is 39.4 Å². The Morgan fingerprint density at radius 2 is 2.16 bits per heavy atom. The predicted octanol–water partition coefficient (Wildman–Crippen LogP) is 2.31. The van der Waals surface area contributed by atoms with Crippen molar-refractivity contribution < 1.29 is 28.7 Å². The molecule has 1 aromatic carbocycles. The average molecular weight is 351 g/mol. The number of Topliss-reactive ketones (excluding diaryl/α,β-unsaturated/α-hetero) is 1. The molecule has 1 aliphatic heterocycles. The van der Waals surface area contributed by atoms with Crippen molar-refractivity contribution in [3.63, 3.8) is 0 Å². The molecular formula is C17H21NO7. The minimum absolute atomic E-state index is 0.0659. The van der Waals surface area contributed by atoms with Crippen molar-refractivity contribution in [3.8, 4) is 0 Å². The lowest BCUT2D eigenvalue weighted by Crippen LogP contribution is -2.23. The Bertz CT molecular complexity index is 638. The van der Waals surface area contributed by atoms with Crippen LogP contribution in [0.4, 0.5) is 5.69 Å². The molecule has 1 atom stereocenters. The molecule has 0 radical (unpaired) electrons. The maximum Gasteiger partial charge on any atom is 0.374 e. The number of esters is 1. The van der Waals surface area contributed by atoms with Crippen LogP contribution < -0.4 is 0 Å². The van der Waals surface area contributed by atoms with Gasteiger partial charge in [-0.15, -0.1) is 0 Å². The molecule has 1 aliphatic rings. The fraction of sp³-hybridized carbons (Fsp3) is 0.529. The zero-order chi connectivity index (χ0) is 18.2. The van der Waals surface area contributed by atoms with Gasteiger partial charge in [0, 0.05) is 18.2 Å². The number of carbonyl (C=O) groups is 2. The van der Waals surface area contributed by atoms with E-state index in [1.807, 2.05) is 0 Å².